The molecule has 3 unspecified atom stereocenters. The van der Waals surface area contributed by atoms with E-state index < -0.39 is 23.0 Å². The molecule has 1 rings (SSSR count). The van der Waals surface area contributed by atoms with Crippen LogP contribution in [0.3, 0.4) is 0 Å². The first kappa shape index (κ1) is 16.9. The van der Waals surface area contributed by atoms with Gasteiger partial charge in [-0.05, 0) is 6.92 Å². The lowest BCUT2D eigenvalue weighted by Crippen LogP contribution is -2.76. The zero-order valence-corrected chi connectivity index (χ0v) is 12.4. The number of amides is 1. The van der Waals surface area contributed by atoms with Crippen molar-refractivity contribution < 1.29 is 24.2 Å². The Morgan fingerprint density at radius 3 is 2.50 bits per heavy atom. The van der Waals surface area contributed by atoms with Crippen LogP contribution in [0.15, 0.2) is 0 Å². The van der Waals surface area contributed by atoms with Crippen molar-refractivity contribution in [3.63, 3.8) is 0 Å². The van der Waals surface area contributed by atoms with Crippen molar-refractivity contribution >= 4 is 11.9 Å². The molecule has 0 aromatic carbocycles. The Morgan fingerprint density at radius 2 is 2.10 bits per heavy atom. The van der Waals surface area contributed by atoms with Gasteiger partial charge in [0.15, 0.2) is 6.10 Å². The molecule has 1 saturated carbocycles. The van der Waals surface area contributed by atoms with Crippen LogP contribution in [0.25, 0.3) is 0 Å². The maximum absolute atomic E-state index is 12.2. The second-order valence-corrected chi connectivity index (χ2v) is 5.61. The van der Waals surface area contributed by atoms with Crippen molar-refractivity contribution in [3.8, 4) is 0 Å². The summed E-state index contributed by atoms with van der Waals surface area (Å²) in [5.74, 6) is -1.50. The number of hydrogen-bond acceptors (Lipinski definition) is 5. The van der Waals surface area contributed by atoms with Crippen LogP contribution >= 0.6 is 0 Å². The van der Waals surface area contributed by atoms with Crippen LogP contribution in [-0.2, 0) is 19.1 Å². The van der Waals surface area contributed by atoms with Gasteiger partial charge in [0.1, 0.15) is 5.54 Å². The first-order valence-corrected chi connectivity index (χ1v) is 6.65. The zero-order valence-electron chi connectivity index (χ0n) is 12.4. The Labute approximate surface area is 118 Å². The summed E-state index contributed by atoms with van der Waals surface area (Å²) in [7, 11) is 1.28. The van der Waals surface area contributed by atoms with Gasteiger partial charge in [-0.2, -0.15) is 0 Å². The van der Waals surface area contributed by atoms with Crippen LogP contribution in [0.5, 0.6) is 0 Å². The van der Waals surface area contributed by atoms with Crippen molar-refractivity contribution in [1.82, 2.24) is 5.32 Å². The largest absolute Gasteiger partial charge is 0.479 e. The summed E-state index contributed by atoms with van der Waals surface area (Å²) in [4.78, 5) is 23.0. The first-order valence-electron chi connectivity index (χ1n) is 6.65. The highest BCUT2D eigenvalue weighted by Crippen LogP contribution is 2.49. The van der Waals surface area contributed by atoms with E-state index in [0.29, 0.717) is 13.0 Å². The van der Waals surface area contributed by atoms with Crippen molar-refractivity contribution in [2.45, 2.75) is 44.9 Å². The number of carbonyl (C=O) groups is 2. The van der Waals surface area contributed by atoms with Gasteiger partial charge in [0, 0.05) is 25.6 Å². The van der Waals surface area contributed by atoms with E-state index in [4.69, 9.17) is 20.3 Å². The molecule has 4 N–H and O–H groups in total. The number of nitrogens with one attached hydrogen (secondary N) is 1. The standard InChI is InChI=1S/C13H24N2O5/c1-5-20-9-6-13(14,12(9,2)3)11(18)15-7-8(19-4)10(16)17/h8-9H,5-7,14H2,1-4H3,(H,15,18)(H,16,17). The molecule has 0 bridgehead atoms. The molecule has 0 heterocycles. The predicted octanol–water partition coefficient (Wildman–Crippen LogP) is -0.265. The first-order chi connectivity index (χ1) is 9.20. The Bertz CT molecular complexity index is 385. The molecule has 0 radical (unpaired) electrons. The number of ether oxygens (including phenoxy) is 2. The highest BCUT2D eigenvalue weighted by atomic mass is 16.5. The molecule has 7 heteroatoms. The minimum Gasteiger partial charge on any atom is -0.479 e. The summed E-state index contributed by atoms with van der Waals surface area (Å²) < 4.78 is 10.3. The molecule has 0 aliphatic heterocycles. The molecule has 0 aromatic heterocycles. The van der Waals surface area contributed by atoms with E-state index in [0.717, 1.165) is 0 Å². The quantitative estimate of drug-likeness (QED) is 0.595. The van der Waals surface area contributed by atoms with E-state index in [1.807, 2.05) is 20.8 Å². The summed E-state index contributed by atoms with van der Waals surface area (Å²) >= 11 is 0. The van der Waals surface area contributed by atoms with Gasteiger partial charge in [-0.25, -0.2) is 4.79 Å². The number of carboxylic acid groups (broad SMARTS) is 1. The second kappa shape index (κ2) is 6.07. The lowest BCUT2D eigenvalue weighted by Gasteiger charge is -2.57. The van der Waals surface area contributed by atoms with Gasteiger partial charge < -0.3 is 25.6 Å². The monoisotopic (exact) mass is 288 g/mol. The summed E-state index contributed by atoms with van der Waals surface area (Å²) in [6, 6.07) is 0. The molecular weight excluding hydrogens is 264 g/mol. The van der Waals surface area contributed by atoms with Crippen LogP contribution < -0.4 is 11.1 Å². The number of rotatable bonds is 7. The van der Waals surface area contributed by atoms with Crippen LogP contribution in [0.4, 0.5) is 0 Å². The SMILES string of the molecule is CCOC1CC(N)(C(=O)NCC(OC)C(=O)O)C1(C)C. The number of nitrogens with two attached hydrogens (primary N) is 1. The molecule has 1 aliphatic carbocycles. The average molecular weight is 288 g/mol. The second-order valence-electron chi connectivity index (χ2n) is 5.61. The van der Waals surface area contributed by atoms with Gasteiger partial charge in [0.2, 0.25) is 5.91 Å². The molecular formula is C13H24N2O5. The van der Waals surface area contributed by atoms with Crippen molar-refractivity contribution in [2.24, 2.45) is 11.1 Å². The van der Waals surface area contributed by atoms with Gasteiger partial charge in [-0.15, -0.1) is 0 Å². The summed E-state index contributed by atoms with van der Waals surface area (Å²) in [6.07, 6.45) is -0.723. The Kier molecular flexibility index (Phi) is 5.12. The normalized spacial score (nSPS) is 29.4. The van der Waals surface area contributed by atoms with E-state index in [2.05, 4.69) is 5.32 Å². The minimum absolute atomic E-state index is 0.0686. The van der Waals surface area contributed by atoms with Crippen LogP contribution in [-0.4, -0.2) is 55.0 Å². The molecule has 1 fully saturated rings. The third kappa shape index (κ3) is 2.79. The van der Waals surface area contributed by atoms with E-state index in [1.165, 1.54) is 7.11 Å². The van der Waals surface area contributed by atoms with Gasteiger partial charge in [0.25, 0.3) is 0 Å². The van der Waals surface area contributed by atoms with Crippen LogP contribution in [0.2, 0.25) is 0 Å². The van der Waals surface area contributed by atoms with E-state index >= 15 is 0 Å². The number of hydrogen-bond donors (Lipinski definition) is 3. The molecule has 1 amide bonds. The zero-order chi connectivity index (χ0) is 15.6. The lowest BCUT2D eigenvalue weighted by atomic mass is 9.54. The molecule has 116 valence electrons. The Morgan fingerprint density at radius 1 is 1.50 bits per heavy atom. The van der Waals surface area contributed by atoms with Gasteiger partial charge in [0.05, 0.1) is 12.6 Å². The van der Waals surface area contributed by atoms with Crippen molar-refractivity contribution in [3.05, 3.63) is 0 Å². The van der Waals surface area contributed by atoms with Gasteiger partial charge >= 0.3 is 5.97 Å². The van der Waals surface area contributed by atoms with Gasteiger partial charge in [-0.3, -0.25) is 4.79 Å². The highest BCUT2D eigenvalue weighted by molar-refractivity contribution is 5.89. The van der Waals surface area contributed by atoms with E-state index in [9.17, 15) is 9.59 Å². The lowest BCUT2D eigenvalue weighted by molar-refractivity contribution is -0.171. The average Bonchev–Trinajstić information content (AvgIpc) is 2.38. The smallest absolute Gasteiger partial charge is 0.334 e. The summed E-state index contributed by atoms with van der Waals surface area (Å²) in [5, 5.41) is 11.4. The topological polar surface area (TPSA) is 111 Å². The third-order valence-electron chi connectivity index (χ3n) is 4.24. The summed E-state index contributed by atoms with van der Waals surface area (Å²) in [5.41, 5.74) is 4.62. The molecule has 7 nitrogen and oxygen atoms in total. The van der Waals surface area contributed by atoms with E-state index in [1.54, 1.807) is 0 Å². The number of carbonyl (C=O) groups excluding carboxylic acids is 1. The fourth-order valence-corrected chi connectivity index (χ4v) is 2.44. The van der Waals surface area contributed by atoms with Crippen LogP contribution in [0, 0.1) is 5.41 Å². The maximum atomic E-state index is 12.2. The highest BCUT2D eigenvalue weighted by Gasteiger charge is 2.62. The molecule has 1 aliphatic rings. The van der Waals surface area contributed by atoms with Crippen LogP contribution in [0.1, 0.15) is 27.2 Å². The molecule has 20 heavy (non-hydrogen) atoms. The predicted molar refractivity (Wildman–Crippen MR) is 72.2 cm³/mol. The summed E-state index contributed by atoms with van der Waals surface area (Å²) in [6.45, 7) is 6.10. The number of methoxy groups -OCH3 is 1. The van der Waals surface area contributed by atoms with Crippen molar-refractivity contribution in [2.75, 3.05) is 20.3 Å². The fraction of sp³-hybridized carbons (Fsp3) is 0.846. The third-order valence-corrected chi connectivity index (χ3v) is 4.24. The fourth-order valence-electron chi connectivity index (χ4n) is 2.44. The maximum Gasteiger partial charge on any atom is 0.334 e. The molecule has 3 atom stereocenters. The Hall–Kier alpha value is -1.18. The van der Waals surface area contributed by atoms with E-state index in [-0.39, 0.29) is 18.6 Å². The van der Waals surface area contributed by atoms with Crippen molar-refractivity contribution in [1.29, 1.82) is 0 Å². The molecule has 0 saturated heterocycles. The Balaban J connectivity index is 2.62. The molecule has 0 spiro atoms. The minimum atomic E-state index is -1.13. The van der Waals surface area contributed by atoms with Gasteiger partial charge in [-0.1, -0.05) is 13.8 Å². The number of carboxylic acids is 1. The number of aliphatic carboxylic acids is 1. The molecule has 0 aromatic rings.